The molecule has 1 aromatic carbocycles. The fraction of sp³-hybridized carbons (Fsp3) is 0.500. The van der Waals surface area contributed by atoms with E-state index in [1.54, 1.807) is 0 Å². The Morgan fingerprint density at radius 2 is 1.91 bits per heavy atom. The number of aryl methyl sites for hydroxylation is 2. The first-order valence-electron chi connectivity index (χ1n) is 8.07. The summed E-state index contributed by atoms with van der Waals surface area (Å²) in [6.07, 6.45) is 4.48. The highest BCUT2D eigenvalue weighted by atomic mass is 35.5. The van der Waals surface area contributed by atoms with E-state index in [-0.39, 0.29) is 5.43 Å². The Hall–Kier alpha value is -1.32. The van der Waals surface area contributed by atoms with E-state index >= 15 is 0 Å². The Bertz CT molecular complexity index is 773. The van der Waals surface area contributed by atoms with E-state index in [4.69, 9.17) is 11.6 Å². The van der Waals surface area contributed by atoms with Gasteiger partial charge in [0.15, 0.2) is 5.43 Å². The lowest BCUT2D eigenvalue weighted by atomic mass is 10.0. The zero-order valence-electron chi connectivity index (χ0n) is 13.6. The SMILES string of the molecule is CCn1cc(CN2CCCC2)c(=O)c2c(Cl)c(C)c(C)cc21. The number of fused-ring (bicyclic) bond motifs is 1. The van der Waals surface area contributed by atoms with Crippen molar-refractivity contribution in [2.75, 3.05) is 13.1 Å². The highest BCUT2D eigenvalue weighted by molar-refractivity contribution is 6.36. The highest BCUT2D eigenvalue weighted by Gasteiger charge is 2.18. The molecule has 0 amide bonds. The molecule has 0 spiro atoms. The third-order valence-electron chi connectivity index (χ3n) is 4.82. The van der Waals surface area contributed by atoms with Crippen molar-refractivity contribution in [3.8, 4) is 0 Å². The van der Waals surface area contributed by atoms with Crippen molar-refractivity contribution in [2.45, 2.75) is 46.7 Å². The molecule has 0 saturated carbocycles. The third-order valence-corrected chi connectivity index (χ3v) is 5.30. The zero-order valence-corrected chi connectivity index (χ0v) is 14.3. The van der Waals surface area contributed by atoms with E-state index in [2.05, 4.69) is 22.5 Å². The maximum absolute atomic E-state index is 12.9. The minimum atomic E-state index is 0.0969. The smallest absolute Gasteiger partial charge is 0.195 e. The molecule has 118 valence electrons. The van der Waals surface area contributed by atoms with Crippen molar-refractivity contribution < 1.29 is 0 Å². The molecule has 1 fully saturated rings. The van der Waals surface area contributed by atoms with Gasteiger partial charge in [-0.05, 0) is 63.9 Å². The van der Waals surface area contributed by atoms with Crippen molar-refractivity contribution in [3.05, 3.63) is 44.2 Å². The second kappa shape index (κ2) is 6.05. The summed E-state index contributed by atoms with van der Waals surface area (Å²) >= 11 is 6.53. The summed E-state index contributed by atoms with van der Waals surface area (Å²) in [5.41, 5.74) is 4.05. The van der Waals surface area contributed by atoms with Crippen molar-refractivity contribution >= 4 is 22.5 Å². The summed E-state index contributed by atoms with van der Waals surface area (Å²) < 4.78 is 2.15. The number of halogens is 1. The number of rotatable bonds is 3. The molecular weight excluding hydrogens is 296 g/mol. The Morgan fingerprint density at radius 1 is 1.23 bits per heavy atom. The van der Waals surface area contributed by atoms with Crippen molar-refractivity contribution in [1.29, 1.82) is 0 Å². The minimum absolute atomic E-state index is 0.0969. The van der Waals surface area contributed by atoms with Crippen LogP contribution in [0.5, 0.6) is 0 Å². The summed E-state index contributed by atoms with van der Waals surface area (Å²) in [6.45, 7) is 9.88. The van der Waals surface area contributed by atoms with Crippen LogP contribution in [0, 0.1) is 13.8 Å². The van der Waals surface area contributed by atoms with Crippen LogP contribution < -0.4 is 5.43 Å². The van der Waals surface area contributed by atoms with Crippen LogP contribution in [0.3, 0.4) is 0 Å². The minimum Gasteiger partial charge on any atom is -0.347 e. The van der Waals surface area contributed by atoms with Crippen LogP contribution >= 0.6 is 11.6 Å². The van der Waals surface area contributed by atoms with Gasteiger partial charge in [0, 0.05) is 24.8 Å². The molecular formula is C18H23ClN2O. The lowest BCUT2D eigenvalue weighted by molar-refractivity contribution is 0.329. The van der Waals surface area contributed by atoms with Crippen LogP contribution in [-0.2, 0) is 13.1 Å². The van der Waals surface area contributed by atoms with Gasteiger partial charge in [0.1, 0.15) is 0 Å². The third kappa shape index (κ3) is 2.57. The van der Waals surface area contributed by atoms with Crippen molar-refractivity contribution in [3.63, 3.8) is 0 Å². The normalized spacial score (nSPS) is 15.8. The first-order valence-corrected chi connectivity index (χ1v) is 8.44. The molecule has 3 nitrogen and oxygen atoms in total. The molecule has 4 heteroatoms. The molecule has 1 aliphatic heterocycles. The zero-order chi connectivity index (χ0) is 15.9. The number of benzene rings is 1. The van der Waals surface area contributed by atoms with Crippen LogP contribution in [0.25, 0.3) is 10.9 Å². The molecule has 2 heterocycles. The first kappa shape index (κ1) is 15.6. The molecule has 0 unspecified atom stereocenters. The molecule has 0 aliphatic carbocycles. The topological polar surface area (TPSA) is 25.2 Å². The fourth-order valence-corrected chi connectivity index (χ4v) is 3.67. The van der Waals surface area contributed by atoms with E-state index in [1.165, 1.54) is 12.8 Å². The highest BCUT2D eigenvalue weighted by Crippen LogP contribution is 2.28. The van der Waals surface area contributed by atoms with Gasteiger partial charge in [0.05, 0.1) is 15.9 Å². The van der Waals surface area contributed by atoms with Crippen LogP contribution in [0.2, 0.25) is 5.02 Å². The summed E-state index contributed by atoms with van der Waals surface area (Å²) in [5, 5.41) is 1.30. The number of hydrogen-bond donors (Lipinski definition) is 0. The number of aromatic nitrogens is 1. The van der Waals surface area contributed by atoms with Crippen molar-refractivity contribution in [2.24, 2.45) is 0 Å². The second-order valence-electron chi connectivity index (χ2n) is 6.28. The maximum Gasteiger partial charge on any atom is 0.195 e. The molecule has 1 saturated heterocycles. The Labute approximate surface area is 136 Å². The summed E-state index contributed by atoms with van der Waals surface area (Å²) in [6, 6.07) is 2.08. The average Bonchev–Trinajstić information content (AvgIpc) is 3.00. The van der Waals surface area contributed by atoms with E-state index in [0.717, 1.165) is 48.4 Å². The lowest BCUT2D eigenvalue weighted by Crippen LogP contribution is -2.25. The quantitative estimate of drug-likeness (QED) is 0.858. The predicted octanol–water partition coefficient (Wildman–Crippen LogP) is 3.89. The van der Waals surface area contributed by atoms with Gasteiger partial charge in [0.2, 0.25) is 0 Å². The second-order valence-corrected chi connectivity index (χ2v) is 6.66. The maximum atomic E-state index is 12.9. The molecule has 0 N–H and O–H groups in total. The van der Waals surface area contributed by atoms with Crippen LogP contribution in [0.1, 0.15) is 36.5 Å². The molecule has 0 atom stereocenters. The number of hydrogen-bond acceptors (Lipinski definition) is 2. The molecule has 22 heavy (non-hydrogen) atoms. The van der Waals surface area contributed by atoms with E-state index in [9.17, 15) is 4.79 Å². The Morgan fingerprint density at radius 3 is 2.55 bits per heavy atom. The van der Waals surface area contributed by atoms with Crippen molar-refractivity contribution in [1.82, 2.24) is 9.47 Å². The van der Waals surface area contributed by atoms with Gasteiger partial charge >= 0.3 is 0 Å². The molecule has 3 rings (SSSR count). The lowest BCUT2D eigenvalue weighted by Gasteiger charge is -2.18. The van der Waals surface area contributed by atoms with E-state index < -0.39 is 0 Å². The van der Waals surface area contributed by atoms with Gasteiger partial charge in [-0.15, -0.1) is 0 Å². The number of likely N-dealkylation sites (tertiary alicyclic amines) is 1. The summed E-state index contributed by atoms with van der Waals surface area (Å²) in [4.78, 5) is 15.3. The standard InChI is InChI=1S/C18H23ClN2O/c1-4-21-11-14(10-20-7-5-6-8-20)18(22)16-15(21)9-12(2)13(3)17(16)19/h9,11H,4-8,10H2,1-3H3. The molecule has 2 aromatic rings. The summed E-state index contributed by atoms with van der Waals surface area (Å²) in [7, 11) is 0. The summed E-state index contributed by atoms with van der Waals surface area (Å²) in [5.74, 6) is 0. The van der Waals surface area contributed by atoms with Gasteiger partial charge < -0.3 is 4.57 Å². The molecule has 0 bridgehead atoms. The van der Waals surface area contributed by atoms with Crippen LogP contribution in [-0.4, -0.2) is 22.6 Å². The molecule has 1 aliphatic rings. The van der Waals surface area contributed by atoms with Crippen LogP contribution in [0.15, 0.2) is 17.1 Å². The monoisotopic (exact) mass is 318 g/mol. The van der Waals surface area contributed by atoms with E-state index in [1.807, 2.05) is 20.0 Å². The average molecular weight is 319 g/mol. The van der Waals surface area contributed by atoms with Crippen LogP contribution in [0.4, 0.5) is 0 Å². The van der Waals surface area contributed by atoms with Gasteiger partial charge in [-0.1, -0.05) is 11.6 Å². The predicted molar refractivity (Wildman–Crippen MR) is 92.9 cm³/mol. The largest absolute Gasteiger partial charge is 0.347 e. The molecule has 0 radical (unpaired) electrons. The Balaban J connectivity index is 2.22. The first-order chi connectivity index (χ1) is 10.5. The molecule has 1 aromatic heterocycles. The number of nitrogens with zero attached hydrogens (tertiary/aromatic N) is 2. The van der Waals surface area contributed by atoms with E-state index in [0.29, 0.717) is 10.4 Å². The van der Waals surface area contributed by atoms with Gasteiger partial charge in [-0.2, -0.15) is 0 Å². The Kier molecular flexibility index (Phi) is 4.28. The van der Waals surface area contributed by atoms with Gasteiger partial charge in [0.25, 0.3) is 0 Å². The van der Waals surface area contributed by atoms with Gasteiger partial charge in [-0.25, -0.2) is 0 Å². The number of pyridine rings is 1. The fourth-order valence-electron chi connectivity index (χ4n) is 3.33. The van der Waals surface area contributed by atoms with Gasteiger partial charge in [-0.3, -0.25) is 9.69 Å².